The molecule has 1 aromatic rings. The van der Waals surface area contributed by atoms with Gasteiger partial charge in [-0.05, 0) is 55.7 Å². The second kappa shape index (κ2) is 5.82. The van der Waals surface area contributed by atoms with E-state index in [4.69, 9.17) is 10.5 Å². The zero-order valence-corrected chi connectivity index (χ0v) is 12.8. The molecule has 2 nitrogen and oxygen atoms in total. The van der Waals surface area contributed by atoms with Crippen LogP contribution >= 0.6 is 0 Å². The minimum atomic E-state index is -0.303. The quantitative estimate of drug-likeness (QED) is 0.896. The van der Waals surface area contributed by atoms with Gasteiger partial charge in [0.05, 0.1) is 11.6 Å². The highest BCUT2D eigenvalue weighted by Crippen LogP contribution is 2.46. The number of halogens is 1. The number of nitrogens with two attached hydrogens (primary N) is 1. The van der Waals surface area contributed by atoms with E-state index in [-0.39, 0.29) is 17.5 Å². The zero-order valence-electron chi connectivity index (χ0n) is 12.8. The molecule has 1 aliphatic rings. The maximum atomic E-state index is 13.1. The van der Waals surface area contributed by atoms with Gasteiger partial charge < -0.3 is 10.5 Å². The SMILES string of the molecule is CCOC1(C(N)c2ccc(F)cc2)CCC(C)(C)CC1. The lowest BCUT2D eigenvalue weighted by Crippen LogP contribution is -2.48. The Labute approximate surface area is 121 Å². The van der Waals surface area contributed by atoms with Gasteiger partial charge in [0.15, 0.2) is 0 Å². The summed E-state index contributed by atoms with van der Waals surface area (Å²) in [5, 5.41) is 0. The van der Waals surface area contributed by atoms with Crippen molar-refractivity contribution < 1.29 is 9.13 Å². The van der Waals surface area contributed by atoms with Crippen LogP contribution in [0.15, 0.2) is 24.3 Å². The molecule has 3 heteroatoms. The first kappa shape index (κ1) is 15.5. The highest BCUT2D eigenvalue weighted by Gasteiger charge is 2.43. The van der Waals surface area contributed by atoms with Crippen LogP contribution in [0, 0.1) is 11.2 Å². The maximum absolute atomic E-state index is 13.1. The largest absolute Gasteiger partial charge is 0.373 e. The Morgan fingerprint density at radius 1 is 1.15 bits per heavy atom. The molecular formula is C17H26FNO. The lowest BCUT2D eigenvalue weighted by atomic mass is 9.67. The van der Waals surface area contributed by atoms with Gasteiger partial charge in [-0.3, -0.25) is 0 Å². The predicted molar refractivity (Wildman–Crippen MR) is 79.9 cm³/mol. The lowest BCUT2D eigenvalue weighted by Gasteiger charge is -2.46. The smallest absolute Gasteiger partial charge is 0.123 e. The molecule has 0 amide bonds. The fraction of sp³-hybridized carbons (Fsp3) is 0.647. The third-order valence-electron chi connectivity index (χ3n) is 4.68. The normalized spacial score (nSPS) is 22.4. The van der Waals surface area contributed by atoms with Crippen LogP contribution in [-0.4, -0.2) is 12.2 Å². The van der Waals surface area contributed by atoms with E-state index in [2.05, 4.69) is 13.8 Å². The summed E-state index contributed by atoms with van der Waals surface area (Å²) in [5.41, 5.74) is 7.50. The van der Waals surface area contributed by atoms with Crippen LogP contribution in [0.2, 0.25) is 0 Å². The van der Waals surface area contributed by atoms with Crippen molar-refractivity contribution in [1.29, 1.82) is 0 Å². The van der Waals surface area contributed by atoms with Gasteiger partial charge in [0.25, 0.3) is 0 Å². The summed E-state index contributed by atoms with van der Waals surface area (Å²) in [7, 11) is 0. The van der Waals surface area contributed by atoms with E-state index in [1.54, 1.807) is 12.1 Å². The Bertz CT molecular complexity index is 431. The molecule has 1 fully saturated rings. The molecule has 0 aliphatic heterocycles. The average Bonchev–Trinajstić information content (AvgIpc) is 2.42. The monoisotopic (exact) mass is 279 g/mol. The molecule has 1 unspecified atom stereocenters. The van der Waals surface area contributed by atoms with Gasteiger partial charge in [0.1, 0.15) is 5.82 Å². The zero-order chi connectivity index (χ0) is 14.8. The van der Waals surface area contributed by atoms with Gasteiger partial charge >= 0.3 is 0 Å². The van der Waals surface area contributed by atoms with Crippen LogP contribution in [0.3, 0.4) is 0 Å². The minimum Gasteiger partial charge on any atom is -0.373 e. The third kappa shape index (κ3) is 3.21. The van der Waals surface area contributed by atoms with E-state index in [0.29, 0.717) is 12.0 Å². The minimum absolute atomic E-state index is 0.195. The first-order chi connectivity index (χ1) is 9.38. The van der Waals surface area contributed by atoms with Crippen molar-refractivity contribution in [2.24, 2.45) is 11.1 Å². The lowest BCUT2D eigenvalue weighted by molar-refractivity contribution is -0.100. The second-order valence-corrected chi connectivity index (χ2v) is 6.69. The second-order valence-electron chi connectivity index (χ2n) is 6.69. The van der Waals surface area contributed by atoms with Gasteiger partial charge in [-0.2, -0.15) is 0 Å². The van der Waals surface area contributed by atoms with E-state index in [1.807, 2.05) is 6.92 Å². The molecule has 1 aromatic carbocycles. The summed E-state index contributed by atoms with van der Waals surface area (Å²) in [4.78, 5) is 0. The van der Waals surface area contributed by atoms with E-state index < -0.39 is 0 Å². The summed E-state index contributed by atoms with van der Waals surface area (Å²) >= 11 is 0. The molecule has 20 heavy (non-hydrogen) atoms. The standard InChI is InChI=1S/C17H26FNO/c1-4-20-17(11-9-16(2,3)10-12-17)15(19)13-5-7-14(18)8-6-13/h5-8,15H,4,9-12,19H2,1-3H3. The molecule has 1 aliphatic carbocycles. The Morgan fingerprint density at radius 3 is 2.20 bits per heavy atom. The highest BCUT2D eigenvalue weighted by atomic mass is 19.1. The van der Waals surface area contributed by atoms with Crippen molar-refractivity contribution >= 4 is 0 Å². The first-order valence-corrected chi connectivity index (χ1v) is 7.54. The van der Waals surface area contributed by atoms with E-state index in [0.717, 1.165) is 31.2 Å². The van der Waals surface area contributed by atoms with Crippen LogP contribution in [0.25, 0.3) is 0 Å². The molecule has 112 valence electrons. The molecule has 1 atom stereocenters. The van der Waals surface area contributed by atoms with Crippen LogP contribution in [-0.2, 0) is 4.74 Å². The molecule has 0 bridgehead atoms. The highest BCUT2D eigenvalue weighted by molar-refractivity contribution is 5.23. The summed E-state index contributed by atoms with van der Waals surface area (Å²) in [5.74, 6) is -0.226. The molecule has 0 saturated heterocycles. The topological polar surface area (TPSA) is 35.2 Å². The summed E-state index contributed by atoms with van der Waals surface area (Å²) in [6, 6.07) is 6.31. The molecule has 0 spiro atoms. The third-order valence-corrected chi connectivity index (χ3v) is 4.68. The van der Waals surface area contributed by atoms with E-state index in [1.165, 1.54) is 12.1 Å². The van der Waals surface area contributed by atoms with Crippen molar-refractivity contribution in [1.82, 2.24) is 0 Å². The van der Waals surface area contributed by atoms with Gasteiger partial charge in [0.2, 0.25) is 0 Å². The molecule has 0 radical (unpaired) electrons. The summed E-state index contributed by atoms with van der Waals surface area (Å²) < 4.78 is 19.2. The van der Waals surface area contributed by atoms with Crippen molar-refractivity contribution in [3.05, 3.63) is 35.6 Å². The van der Waals surface area contributed by atoms with Crippen LogP contribution in [0.1, 0.15) is 58.1 Å². The van der Waals surface area contributed by atoms with Crippen molar-refractivity contribution in [2.45, 2.75) is 58.1 Å². The van der Waals surface area contributed by atoms with E-state index in [9.17, 15) is 4.39 Å². The number of benzene rings is 1. The van der Waals surface area contributed by atoms with E-state index >= 15 is 0 Å². The Morgan fingerprint density at radius 2 is 1.70 bits per heavy atom. The van der Waals surface area contributed by atoms with Crippen LogP contribution < -0.4 is 5.73 Å². The number of hydrogen-bond donors (Lipinski definition) is 1. The molecule has 2 rings (SSSR count). The summed E-state index contributed by atoms with van der Waals surface area (Å²) in [6.45, 7) is 7.27. The number of ether oxygens (including phenoxy) is 1. The van der Waals surface area contributed by atoms with Gasteiger partial charge in [-0.1, -0.05) is 26.0 Å². The van der Waals surface area contributed by atoms with Crippen molar-refractivity contribution in [3.8, 4) is 0 Å². The molecule has 0 heterocycles. The molecule has 2 N–H and O–H groups in total. The number of rotatable bonds is 4. The average molecular weight is 279 g/mol. The molecule has 1 saturated carbocycles. The molecular weight excluding hydrogens is 253 g/mol. The Hall–Kier alpha value is -0.930. The fourth-order valence-corrected chi connectivity index (χ4v) is 3.16. The number of hydrogen-bond acceptors (Lipinski definition) is 2. The molecule has 0 aromatic heterocycles. The fourth-order valence-electron chi connectivity index (χ4n) is 3.16. The Balaban J connectivity index is 2.22. The van der Waals surface area contributed by atoms with Gasteiger partial charge in [-0.15, -0.1) is 0 Å². The predicted octanol–water partition coefficient (Wildman–Crippen LogP) is 4.20. The van der Waals surface area contributed by atoms with Gasteiger partial charge in [0, 0.05) is 6.61 Å². The van der Waals surface area contributed by atoms with Crippen LogP contribution in [0.4, 0.5) is 4.39 Å². The van der Waals surface area contributed by atoms with Gasteiger partial charge in [-0.25, -0.2) is 4.39 Å². The van der Waals surface area contributed by atoms with Crippen LogP contribution in [0.5, 0.6) is 0 Å². The van der Waals surface area contributed by atoms with Crippen molar-refractivity contribution in [3.63, 3.8) is 0 Å². The van der Waals surface area contributed by atoms with Crippen molar-refractivity contribution in [2.75, 3.05) is 6.61 Å². The maximum Gasteiger partial charge on any atom is 0.123 e. The first-order valence-electron chi connectivity index (χ1n) is 7.54. The Kier molecular flexibility index (Phi) is 4.50. The summed E-state index contributed by atoms with van der Waals surface area (Å²) in [6.07, 6.45) is 4.16.